The summed E-state index contributed by atoms with van der Waals surface area (Å²) in [5, 5.41) is 22.1. The Morgan fingerprint density at radius 2 is 2.08 bits per heavy atom. The van der Waals surface area contributed by atoms with Crippen LogP contribution in [0.4, 0.5) is 5.69 Å². The monoisotopic (exact) mass is 350 g/mol. The van der Waals surface area contributed by atoms with E-state index in [2.05, 4.69) is 4.90 Å². The molecule has 7 nitrogen and oxygen atoms in total. The van der Waals surface area contributed by atoms with E-state index < -0.39 is 4.92 Å². The van der Waals surface area contributed by atoms with Crippen LogP contribution < -0.4 is 9.47 Å². The molecule has 3 aliphatic heterocycles. The Hall–Kier alpha value is -1.86. The summed E-state index contributed by atoms with van der Waals surface area (Å²) in [7, 11) is 1.49. The number of aliphatic hydroxyl groups excluding tert-OH is 1. The van der Waals surface area contributed by atoms with Crippen LogP contribution in [-0.2, 0) is 6.42 Å². The van der Waals surface area contributed by atoms with Crippen molar-refractivity contribution >= 4 is 5.69 Å². The summed E-state index contributed by atoms with van der Waals surface area (Å²) < 4.78 is 10.9. The highest BCUT2D eigenvalue weighted by molar-refractivity contribution is 5.58. The van der Waals surface area contributed by atoms with E-state index in [1.807, 2.05) is 6.92 Å². The van der Waals surface area contributed by atoms with E-state index in [0.717, 1.165) is 37.9 Å². The molecule has 1 aromatic rings. The maximum Gasteiger partial charge on any atom is 0.315 e. The van der Waals surface area contributed by atoms with Gasteiger partial charge in [-0.2, -0.15) is 0 Å². The molecule has 138 valence electrons. The molecule has 4 rings (SSSR count). The van der Waals surface area contributed by atoms with Gasteiger partial charge in [-0.3, -0.25) is 15.0 Å². The molecule has 2 atom stereocenters. The number of piperidine rings is 3. The largest absolute Gasteiger partial charge is 0.493 e. The molecule has 3 heterocycles. The van der Waals surface area contributed by atoms with Crippen molar-refractivity contribution in [2.24, 2.45) is 5.92 Å². The van der Waals surface area contributed by atoms with Gasteiger partial charge in [0.1, 0.15) is 0 Å². The first kappa shape index (κ1) is 17.9. The SMILES string of the molecule is CCCOc1c(OC)cc(CC2C(O)C3CCN2CC3)cc1[N+](=O)[O-]. The Morgan fingerprint density at radius 1 is 1.36 bits per heavy atom. The van der Waals surface area contributed by atoms with Crippen molar-refractivity contribution in [2.75, 3.05) is 26.8 Å². The molecule has 0 aliphatic carbocycles. The Kier molecular flexibility index (Phi) is 5.44. The van der Waals surface area contributed by atoms with E-state index in [-0.39, 0.29) is 23.6 Å². The van der Waals surface area contributed by atoms with E-state index in [1.54, 1.807) is 12.1 Å². The molecule has 3 aliphatic rings. The first-order valence-corrected chi connectivity index (χ1v) is 8.95. The number of hydrogen-bond donors (Lipinski definition) is 1. The summed E-state index contributed by atoms with van der Waals surface area (Å²) in [4.78, 5) is 13.4. The summed E-state index contributed by atoms with van der Waals surface area (Å²) in [6.07, 6.45) is 3.02. The van der Waals surface area contributed by atoms with Crippen molar-refractivity contribution in [2.45, 2.75) is 44.8 Å². The van der Waals surface area contributed by atoms with E-state index in [0.29, 0.717) is 24.7 Å². The van der Waals surface area contributed by atoms with Crippen LogP contribution in [0.3, 0.4) is 0 Å². The molecule has 0 amide bonds. The summed E-state index contributed by atoms with van der Waals surface area (Å²) in [5.41, 5.74) is 0.720. The number of ether oxygens (including phenoxy) is 2. The fourth-order valence-corrected chi connectivity index (χ4v) is 4.01. The van der Waals surface area contributed by atoms with Crippen molar-refractivity contribution < 1.29 is 19.5 Å². The van der Waals surface area contributed by atoms with Crippen molar-refractivity contribution in [3.63, 3.8) is 0 Å². The third-order valence-electron chi connectivity index (χ3n) is 5.33. The number of fused-ring (bicyclic) bond motifs is 3. The highest BCUT2D eigenvalue weighted by atomic mass is 16.6. The first-order chi connectivity index (χ1) is 12.0. The lowest BCUT2D eigenvalue weighted by molar-refractivity contribution is -0.386. The standard InChI is InChI=1S/C18H26N2O5/c1-3-8-25-18-15(20(22)23)10-12(11-16(18)24-2)9-14-17(21)13-4-6-19(14)7-5-13/h10-11,13-14,17,21H,3-9H2,1-2H3. The Bertz CT molecular complexity index is 626. The van der Waals surface area contributed by atoms with Gasteiger partial charge in [0, 0.05) is 12.1 Å². The van der Waals surface area contributed by atoms with Crippen LogP contribution in [0.15, 0.2) is 12.1 Å². The molecule has 0 aromatic heterocycles. The van der Waals surface area contributed by atoms with Crippen LogP contribution in [0.5, 0.6) is 11.5 Å². The van der Waals surface area contributed by atoms with Crippen LogP contribution in [0.1, 0.15) is 31.7 Å². The maximum absolute atomic E-state index is 11.5. The quantitative estimate of drug-likeness (QED) is 0.600. The van der Waals surface area contributed by atoms with Crippen LogP contribution in [0.2, 0.25) is 0 Å². The van der Waals surface area contributed by atoms with Gasteiger partial charge < -0.3 is 14.6 Å². The van der Waals surface area contributed by atoms with Gasteiger partial charge in [-0.15, -0.1) is 0 Å². The van der Waals surface area contributed by atoms with E-state index in [9.17, 15) is 15.2 Å². The fourth-order valence-electron chi connectivity index (χ4n) is 4.01. The number of nitrogens with zero attached hydrogens (tertiary/aromatic N) is 2. The molecule has 2 unspecified atom stereocenters. The van der Waals surface area contributed by atoms with Gasteiger partial charge in [0.15, 0.2) is 5.75 Å². The van der Waals surface area contributed by atoms with Gasteiger partial charge in [-0.25, -0.2) is 0 Å². The molecular formula is C18H26N2O5. The predicted molar refractivity (Wildman–Crippen MR) is 93.2 cm³/mol. The smallest absolute Gasteiger partial charge is 0.315 e. The molecule has 3 fully saturated rings. The molecule has 25 heavy (non-hydrogen) atoms. The molecule has 7 heteroatoms. The first-order valence-electron chi connectivity index (χ1n) is 8.95. The highest BCUT2D eigenvalue weighted by Crippen LogP contribution is 2.40. The maximum atomic E-state index is 11.5. The van der Waals surface area contributed by atoms with E-state index in [4.69, 9.17) is 9.47 Å². The topological polar surface area (TPSA) is 85.1 Å². The second-order valence-electron chi connectivity index (χ2n) is 6.89. The number of nitro groups is 1. The lowest BCUT2D eigenvalue weighted by Gasteiger charge is -2.49. The Labute approximate surface area is 147 Å². The fraction of sp³-hybridized carbons (Fsp3) is 0.667. The van der Waals surface area contributed by atoms with Gasteiger partial charge >= 0.3 is 5.69 Å². The number of methoxy groups -OCH3 is 1. The molecular weight excluding hydrogens is 324 g/mol. The van der Waals surface area contributed by atoms with E-state index in [1.165, 1.54) is 7.11 Å². The summed E-state index contributed by atoms with van der Waals surface area (Å²) in [6, 6.07) is 3.37. The minimum Gasteiger partial charge on any atom is -0.493 e. The van der Waals surface area contributed by atoms with Gasteiger partial charge in [0.05, 0.1) is 24.7 Å². The summed E-state index contributed by atoms with van der Waals surface area (Å²) in [5.74, 6) is 0.909. The molecule has 0 radical (unpaired) electrons. The molecule has 3 saturated heterocycles. The second-order valence-corrected chi connectivity index (χ2v) is 6.89. The molecule has 2 bridgehead atoms. The average molecular weight is 350 g/mol. The molecule has 0 saturated carbocycles. The van der Waals surface area contributed by atoms with Crippen molar-refractivity contribution in [3.8, 4) is 11.5 Å². The lowest BCUT2D eigenvalue weighted by atomic mass is 9.78. The third kappa shape index (κ3) is 3.57. The number of hydrogen-bond acceptors (Lipinski definition) is 6. The Balaban J connectivity index is 1.88. The van der Waals surface area contributed by atoms with Gasteiger partial charge in [0.25, 0.3) is 0 Å². The summed E-state index contributed by atoms with van der Waals surface area (Å²) >= 11 is 0. The van der Waals surface area contributed by atoms with E-state index >= 15 is 0 Å². The van der Waals surface area contributed by atoms with Crippen molar-refractivity contribution in [3.05, 3.63) is 27.8 Å². The second kappa shape index (κ2) is 7.58. The highest BCUT2D eigenvalue weighted by Gasteiger charge is 2.41. The predicted octanol–water partition coefficient (Wildman–Crippen LogP) is 2.39. The molecule has 1 aromatic carbocycles. The molecule has 0 spiro atoms. The van der Waals surface area contributed by atoms with Crippen LogP contribution in [0.25, 0.3) is 0 Å². The normalized spacial score (nSPS) is 28.0. The minimum absolute atomic E-state index is 0.0132. The van der Waals surface area contributed by atoms with Crippen molar-refractivity contribution in [1.29, 1.82) is 0 Å². The van der Waals surface area contributed by atoms with Gasteiger partial charge in [0.2, 0.25) is 5.75 Å². The van der Waals surface area contributed by atoms with Crippen LogP contribution in [-0.4, -0.2) is 53.9 Å². The number of rotatable bonds is 7. The van der Waals surface area contributed by atoms with Crippen molar-refractivity contribution in [1.82, 2.24) is 4.90 Å². The van der Waals surface area contributed by atoms with Gasteiger partial charge in [-0.1, -0.05) is 6.92 Å². The average Bonchev–Trinajstić information content (AvgIpc) is 2.63. The van der Waals surface area contributed by atoms with Gasteiger partial charge in [-0.05, 0) is 56.3 Å². The zero-order valence-corrected chi connectivity index (χ0v) is 14.8. The zero-order valence-electron chi connectivity index (χ0n) is 14.8. The van der Waals surface area contributed by atoms with Crippen LogP contribution in [0, 0.1) is 16.0 Å². The minimum atomic E-state index is -0.430. The molecule has 1 N–H and O–H groups in total. The third-order valence-corrected chi connectivity index (χ3v) is 5.33. The number of aliphatic hydroxyl groups is 1. The number of nitro benzene ring substituents is 1. The Morgan fingerprint density at radius 3 is 2.64 bits per heavy atom. The zero-order chi connectivity index (χ0) is 18.0. The number of benzene rings is 1. The van der Waals surface area contributed by atoms with Crippen LogP contribution >= 0.6 is 0 Å². The lowest BCUT2D eigenvalue weighted by Crippen LogP contribution is -2.58. The summed E-state index contributed by atoms with van der Waals surface area (Å²) in [6.45, 7) is 4.32.